The SMILES string of the molecule is O=CCCc1ccn(C(F)F)c(=O)c1. The van der Waals surface area contributed by atoms with Crippen LogP contribution in [0, 0.1) is 0 Å². The first-order valence-electron chi connectivity index (χ1n) is 4.08. The quantitative estimate of drug-likeness (QED) is 0.690. The lowest BCUT2D eigenvalue weighted by molar-refractivity contribution is -0.107. The summed E-state index contributed by atoms with van der Waals surface area (Å²) in [5.74, 6) is 0. The Hall–Kier alpha value is -1.52. The first kappa shape index (κ1) is 10.6. The Kier molecular flexibility index (Phi) is 3.50. The monoisotopic (exact) mass is 201 g/mol. The second-order valence-electron chi connectivity index (χ2n) is 2.76. The smallest absolute Gasteiger partial charge is 0.303 e. The Morgan fingerprint density at radius 2 is 2.21 bits per heavy atom. The van der Waals surface area contributed by atoms with Gasteiger partial charge in [-0.25, -0.2) is 0 Å². The van der Waals surface area contributed by atoms with Crippen LogP contribution in [-0.2, 0) is 11.2 Å². The molecule has 3 nitrogen and oxygen atoms in total. The Morgan fingerprint density at radius 1 is 1.50 bits per heavy atom. The van der Waals surface area contributed by atoms with Gasteiger partial charge in [-0.1, -0.05) is 0 Å². The summed E-state index contributed by atoms with van der Waals surface area (Å²) in [4.78, 5) is 21.1. The van der Waals surface area contributed by atoms with E-state index in [1.54, 1.807) is 0 Å². The molecular weight excluding hydrogens is 192 g/mol. The molecule has 0 spiro atoms. The molecule has 1 aromatic rings. The molecule has 0 bridgehead atoms. The number of hydrogen-bond acceptors (Lipinski definition) is 2. The minimum absolute atomic E-state index is 0.290. The number of aldehydes is 1. The van der Waals surface area contributed by atoms with E-state index in [1.807, 2.05) is 0 Å². The Morgan fingerprint density at radius 3 is 2.71 bits per heavy atom. The molecule has 0 aliphatic carbocycles. The molecule has 0 radical (unpaired) electrons. The van der Waals surface area contributed by atoms with Gasteiger partial charge in [0, 0.05) is 18.7 Å². The molecule has 0 N–H and O–H groups in total. The molecule has 76 valence electrons. The van der Waals surface area contributed by atoms with E-state index in [0.29, 0.717) is 16.6 Å². The van der Waals surface area contributed by atoms with Gasteiger partial charge in [0.05, 0.1) is 0 Å². The third kappa shape index (κ3) is 2.48. The van der Waals surface area contributed by atoms with E-state index in [0.717, 1.165) is 18.5 Å². The predicted molar refractivity (Wildman–Crippen MR) is 46.3 cm³/mol. The number of rotatable bonds is 4. The number of aromatic nitrogens is 1. The molecular formula is C9H9F2NO2. The molecule has 0 aliphatic rings. The lowest BCUT2D eigenvalue weighted by Crippen LogP contribution is -2.19. The normalized spacial score (nSPS) is 10.5. The van der Waals surface area contributed by atoms with Gasteiger partial charge in [0.25, 0.3) is 5.56 Å². The standard InChI is InChI=1S/C9H9F2NO2/c10-9(11)12-4-3-7(2-1-5-13)6-8(12)14/h3-6,9H,1-2H2. The van der Waals surface area contributed by atoms with Crippen molar-refractivity contribution < 1.29 is 13.6 Å². The van der Waals surface area contributed by atoms with Crippen LogP contribution < -0.4 is 5.56 Å². The van der Waals surface area contributed by atoms with Gasteiger partial charge in [-0.15, -0.1) is 0 Å². The topological polar surface area (TPSA) is 39.1 Å². The minimum atomic E-state index is -2.82. The van der Waals surface area contributed by atoms with Crippen molar-refractivity contribution >= 4 is 6.29 Å². The first-order chi connectivity index (χ1) is 6.65. The Balaban J connectivity index is 2.89. The predicted octanol–water partition coefficient (Wildman–Crippen LogP) is 1.37. The number of carbonyl (C=O) groups is 1. The summed E-state index contributed by atoms with van der Waals surface area (Å²) in [6, 6.07) is 2.53. The highest BCUT2D eigenvalue weighted by Crippen LogP contribution is 2.06. The van der Waals surface area contributed by atoms with Crippen LogP contribution in [0.1, 0.15) is 18.5 Å². The molecule has 0 unspecified atom stereocenters. The molecule has 0 fully saturated rings. The summed E-state index contributed by atoms with van der Waals surface area (Å²) in [5, 5.41) is 0. The average molecular weight is 201 g/mol. The lowest BCUT2D eigenvalue weighted by atomic mass is 10.1. The van der Waals surface area contributed by atoms with E-state index in [2.05, 4.69) is 0 Å². The summed E-state index contributed by atoms with van der Waals surface area (Å²) in [7, 11) is 0. The van der Waals surface area contributed by atoms with Crippen LogP contribution in [0.2, 0.25) is 0 Å². The molecule has 0 aromatic carbocycles. The van der Waals surface area contributed by atoms with Crippen molar-refractivity contribution in [3.8, 4) is 0 Å². The van der Waals surface area contributed by atoms with Crippen molar-refractivity contribution in [2.45, 2.75) is 19.4 Å². The third-order valence-corrected chi connectivity index (χ3v) is 1.77. The van der Waals surface area contributed by atoms with Crippen LogP contribution in [0.15, 0.2) is 23.1 Å². The zero-order valence-corrected chi connectivity index (χ0v) is 7.32. The van der Waals surface area contributed by atoms with Crippen LogP contribution in [0.4, 0.5) is 8.78 Å². The van der Waals surface area contributed by atoms with Crippen molar-refractivity contribution in [3.05, 3.63) is 34.2 Å². The third-order valence-electron chi connectivity index (χ3n) is 1.77. The molecule has 0 aliphatic heterocycles. The fourth-order valence-electron chi connectivity index (χ4n) is 1.07. The van der Waals surface area contributed by atoms with Gasteiger partial charge in [0.1, 0.15) is 6.29 Å². The second-order valence-corrected chi connectivity index (χ2v) is 2.76. The maximum atomic E-state index is 12.1. The minimum Gasteiger partial charge on any atom is -0.303 e. The number of pyridine rings is 1. The highest BCUT2D eigenvalue weighted by atomic mass is 19.3. The highest BCUT2D eigenvalue weighted by molar-refractivity contribution is 5.49. The summed E-state index contributed by atoms with van der Waals surface area (Å²) in [6.45, 7) is -2.82. The number of aryl methyl sites for hydroxylation is 1. The first-order valence-corrected chi connectivity index (χ1v) is 4.08. The molecule has 0 atom stereocenters. The fraction of sp³-hybridized carbons (Fsp3) is 0.333. The van der Waals surface area contributed by atoms with Gasteiger partial charge in [0.2, 0.25) is 0 Å². The van der Waals surface area contributed by atoms with Crippen LogP contribution in [-0.4, -0.2) is 10.9 Å². The number of alkyl halides is 2. The summed E-state index contributed by atoms with van der Waals surface area (Å²) in [5.41, 5.74) is -0.151. The van der Waals surface area contributed by atoms with Crippen LogP contribution >= 0.6 is 0 Å². The second kappa shape index (κ2) is 4.64. The summed E-state index contributed by atoms with van der Waals surface area (Å²) >= 11 is 0. The van der Waals surface area contributed by atoms with E-state index < -0.39 is 12.1 Å². The van der Waals surface area contributed by atoms with Gasteiger partial charge < -0.3 is 4.79 Å². The van der Waals surface area contributed by atoms with E-state index in [1.165, 1.54) is 6.07 Å². The van der Waals surface area contributed by atoms with E-state index in [-0.39, 0.29) is 6.42 Å². The van der Waals surface area contributed by atoms with Gasteiger partial charge in [0.15, 0.2) is 0 Å². The lowest BCUT2D eigenvalue weighted by Gasteiger charge is -2.04. The number of hydrogen-bond donors (Lipinski definition) is 0. The Labute approximate surface area is 79.0 Å². The van der Waals surface area contributed by atoms with Gasteiger partial charge in [-0.3, -0.25) is 9.36 Å². The highest BCUT2D eigenvalue weighted by Gasteiger charge is 2.06. The molecule has 5 heteroatoms. The molecule has 1 heterocycles. The maximum Gasteiger partial charge on any atom is 0.321 e. The number of halogens is 2. The van der Waals surface area contributed by atoms with Gasteiger partial charge >= 0.3 is 6.55 Å². The van der Waals surface area contributed by atoms with E-state index in [9.17, 15) is 18.4 Å². The molecule has 14 heavy (non-hydrogen) atoms. The molecule has 1 rings (SSSR count). The zero-order valence-electron chi connectivity index (χ0n) is 7.32. The maximum absolute atomic E-state index is 12.1. The van der Waals surface area contributed by atoms with Crippen LogP contribution in [0.25, 0.3) is 0 Å². The largest absolute Gasteiger partial charge is 0.321 e. The molecule has 0 saturated carbocycles. The van der Waals surface area contributed by atoms with Gasteiger partial charge in [-0.05, 0) is 18.1 Å². The van der Waals surface area contributed by atoms with E-state index >= 15 is 0 Å². The van der Waals surface area contributed by atoms with Crippen LogP contribution in [0.3, 0.4) is 0 Å². The molecule has 0 saturated heterocycles. The zero-order chi connectivity index (χ0) is 10.6. The van der Waals surface area contributed by atoms with E-state index in [4.69, 9.17) is 0 Å². The summed E-state index contributed by atoms with van der Waals surface area (Å²) < 4.78 is 24.6. The molecule has 0 amide bonds. The Bertz CT molecular complexity index is 373. The molecule has 1 aromatic heterocycles. The van der Waals surface area contributed by atoms with Crippen LogP contribution in [0.5, 0.6) is 0 Å². The number of carbonyl (C=O) groups excluding carboxylic acids is 1. The fourth-order valence-corrected chi connectivity index (χ4v) is 1.07. The van der Waals surface area contributed by atoms with Crippen molar-refractivity contribution in [1.29, 1.82) is 0 Å². The van der Waals surface area contributed by atoms with Crippen molar-refractivity contribution in [2.24, 2.45) is 0 Å². The average Bonchev–Trinajstić information content (AvgIpc) is 2.14. The van der Waals surface area contributed by atoms with Crippen molar-refractivity contribution in [3.63, 3.8) is 0 Å². The van der Waals surface area contributed by atoms with Crippen molar-refractivity contribution in [2.75, 3.05) is 0 Å². The van der Waals surface area contributed by atoms with Crippen molar-refractivity contribution in [1.82, 2.24) is 4.57 Å². The number of nitrogens with zero attached hydrogens (tertiary/aromatic N) is 1. The summed E-state index contributed by atoms with van der Waals surface area (Å²) in [6.07, 6.45) is 2.45. The van der Waals surface area contributed by atoms with Gasteiger partial charge in [-0.2, -0.15) is 8.78 Å².